The molecule has 1 N–H and O–H groups in total. The standard InChI is InChI=1S/C16H18ClN3O/c1-11(21)19-13-5-8-20(9-6-13)16-4-7-18-15-10-12(17)2-3-14(15)16/h2-4,7,10,13H,5-6,8-9H2,1H3,(H,19,21). The first-order valence-electron chi connectivity index (χ1n) is 7.20. The first-order valence-corrected chi connectivity index (χ1v) is 7.57. The van der Waals surface area contributed by atoms with Gasteiger partial charge in [-0.2, -0.15) is 0 Å². The third-order valence-electron chi connectivity index (χ3n) is 3.92. The van der Waals surface area contributed by atoms with Crippen LogP contribution in [-0.2, 0) is 4.79 Å². The summed E-state index contributed by atoms with van der Waals surface area (Å²) in [7, 11) is 0. The molecule has 0 spiro atoms. The normalized spacial score (nSPS) is 16.2. The van der Waals surface area contributed by atoms with Crippen molar-refractivity contribution in [3.05, 3.63) is 35.5 Å². The van der Waals surface area contributed by atoms with Crippen LogP contribution in [0, 0.1) is 0 Å². The lowest BCUT2D eigenvalue weighted by molar-refractivity contribution is -0.119. The van der Waals surface area contributed by atoms with E-state index in [0.29, 0.717) is 11.1 Å². The smallest absolute Gasteiger partial charge is 0.217 e. The summed E-state index contributed by atoms with van der Waals surface area (Å²) >= 11 is 6.03. The zero-order valence-corrected chi connectivity index (χ0v) is 12.7. The average Bonchev–Trinajstić information content (AvgIpc) is 2.46. The highest BCUT2D eigenvalue weighted by Gasteiger charge is 2.21. The molecule has 1 aromatic heterocycles. The highest BCUT2D eigenvalue weighted by atomic mass is 35.5. The first-order chi connectivity index (χ1) is 10.1. The van der Waals surface area contributed by atoms with Gasteiger partial charge in [0.05, 0.1) is 5.52 Å². The van der Waals surface area contributed by atoms with Gasteiger partial charge < -0.3 is 10.2 Å². The van der Waals surface area contributed by atoms with Gasteiger partial charge in [0.2, 0.25) is 5.91 Å². The van der Waals surface area contributed by atoms with Crippen molar-refractivity contribution < 1.29 is 4.79 Å². The fourth-order valence-electron chi connectivity index (χ4n) is 2.93. The van der Waals surface area contributed by atoms with Gasteiger partial charge in [-0.05, 0) is 37.1 Å². The summed E-state index contributed by atoms with van der Waals surface area (Å²) in [5, 5.41) is 4.83. The molecule has 2 aromatic rings. The summed E-state index contributed by atoms with van der Waals surface area (Å²) in [5.74, 6) is 0.0532. The second kappa shape index (κ2) is 5.90. The van der Waals surface area contributed by atoms with E-state index in [4.69, 9.17) is 11.6 Å². The number of amides is 1. The van der Waals surface area contributed by atoms with Crippen LogP contribution >= 0.6 is 11.6 Å². The van der Waals surface area contributed by atoms with Gasteiger partial charge in [0.15, 0.2) is 0 Å². The molecule has 1 aliphatic heterocycles. The van der Waals surface area contributed by atoms with E-state index >= 15 is 0 Å². The number of piperidine rings is 1. The Bertz CT molecular complexity index is 666. The van der Waals surface area contributed by atoms with Crippen molar-refractivity contribution in [2.45, 2.75) is 25.8 Å². The Morgan fingerprint density at radius 3 is 2.81 bits per heavy atom. The van der Waals surface area contributed by atoms with Crippen LogP contribution in [0.25, 0.3) is 10.9 Å². The molecule has 0 saturated carbocycles. The number of benzene rings is 1. The molecule has 110 valence electrons. The van der Waals surface area contributed by atoms with Gasteiger partial charge in [-0.15, -0.1) is 0 Å². The van der Waals surface area contributed by atoms with Crippen LogP contribution in [0.4, 0.5) is 5.69 Å². The van der Waals surface area contributed by atoms with E-state index in [9.17, 15) is 4.79 Å². The molecule has 3 rings (SSSR count). The minimum atomic E-state index is 0.0532. The van der Waals surface area contributed by atoms with Crippen molar-refractivity contribution in [3.8, 4) is 0 Å². The maximum absolute atomic E-state index is 11.1. The molecule has 0 radical (unpaired) electrons. The van der Waals surface area contributed by atoms with Gasteiger partial charge in [-0.25, -0.2) is 0 Å². The van der Waals surface area contributed by atoms with E-state index in [-0.39, 0.29) is 5.91 Å². The summed E-state index contributed by atoms with van der Waals surface area (Å²) in [6.07, 6.45) is 3.77. The summed E-state index contributed by atoms with van der Waals surface area (Å²) in [6, 6.07) is 8.17. The van der Waals surface area contributed by atoms with Crippen LogP contribution < -0.4 is 10.2 Å². The predicted molar refractivity (Wildman–Crippen MR) is 85.8 cm³/mol. The summed E-state index contributed by atoms with van der Waals surface area (Å²) in [6.45, 7) is 3.45. The highest BCUT2D eigenvalue weighted by Crippen LogP contribution is 2.29. The number of aromatic nitrogens is 1. The Balaban J connectivity index is 1.81. The van der Waals surface area contributed by atoms with Crippen molar-refractivity contribution in [1.82, 2.24) is 10.3 Å². The second-order valence-corrected chi connectivity index (χ2v) is 5.89. The van der Waals surface area contributed by atoms with Gasteiger partial charge in [0, 0.05) is 48.3 Å². The zero-order valence-electron chi connectivity index (χ0n) is 12.0. The van der Waals surface area contributed by atoms with Crippen molar-refractivity contribution in [1.29, 1.82) is 0 Å². The third-order valence-corrected chi connectivity index (χ3v) is 4.16. The maximum Gasteiger partial charge on any atom is 0.217 e. The number of anilines is 1. The fourth-order valence-corrected chi connectivity index (χ4v) is 3.10. The topological polar surface area (TPSA) is 45.2 Å². The van der Waals surface area contributed by atoms with Crippen molar-refractivity contribution in [2.24, 2.45) is 0 Å². The number of pyridine rings is 1. The minimum absolute atomic E-state index is 0.0532. The van der Waals surface area contributed by atoms with E-state index in [0.717, 1.165) is 36.8 Å². The van der Waals surface area contributed by atoms with Crippen LogP contribution in [0.1, 0.15) is 19.8 Å². The van der Waals surface area contributed by atoms with Gasteiger partial charge in [-0.1, -0.05) is 11.6 Å². The fraction of sp³-hybridized carbons (Fsp3) is 0.375. The SMILES string of the molecule is CC(=O)NC1CCN(c2ccnc3cc(Cl)ccc23)CC1. The lowest BCUT2D eigenvalue weighted by atomic mass is 10.0. The van der Waals surface area contributed by atoms with Crippen molar-refractivity contribution in [3.63, 3.8) is 0 Å². The van der Waals surface area contributed by atoms with Gasteiger partial charge in [0.1, 0.15) is 0 Å². The van der Waals surface area contributed by atoms with Crippen LogP contribution in [0.2, 0.25) is 5.02 Å². The second-order valence-electron chi connectivity index (χ2n) is 5.45. The van der Waals surface area contributed by atoms with Crippen LogP contribution in [0.15, 0.2) is 30.5 Å². The maximum atomic E-state index is 11.1. The molecule has 0 unspecified atom stereocenters. The molecule has 0 bridgehead atoms. The molecule has 1 fully saturated rings. The molecule has 0 aliphatic carbocycles. The zero-order chi connectivity index (χ0) is 14.8. The highest BCUT2D eigenvalue weighted by molar-refractivity contribution is 6.31. The molecule has 2 heterocycles. The van der Waals surface area contributed by atoms with E-state index < -0.39 is 0 Å². The molecule has 1 aromatic carbocycles. The molecular weight excluding hydrogens is 286 g/mol. The number of hydrogen-bond acceptors (Lipinski definition) is 3. The largest absolute Gasteiger partial charge is 0.371 e. The first kappa shape index (κ1) is 14.1. The monoisotopic (exact) mass is 303 g/mol. The van der Waals surface area contributed by atoms with E-state index in [1.807, 2.05) is 24.4 Å². The summed E-state index contributed by atoms with van der Waals surface area (Å²) < 4.78 is 0. The number of fused-ring (bicyclic) bond motifs is 1. The summed E-state index contributed by atoms with van der Waals surface area (Å²) in [5.41, 5.74) is 2.11. The number of hydrogen-bond donors (Lipinski definition) is 1. The van der Waals surface area contributed by atoms with Crippen LogP contribution in [0.3, 0.4) is 0 Å². The Morgan fingerprint density at radius 1 is 1.33 bits per heavy atom. The lowest BCUT2D eigenvalue weighted by Gasteiger charge is -2.34. The van der Waals surface area contributed by atoms with Crippen molar-refractivity contribution in [2.75, 3.05) is 18.0 Å². The Morgan fingerprint density at radius 2 is 2.10 bits per heavy atom. The minimum Gasteiger partial charge on any atom is -0.371 e. The number of nitrogens with zero attached hydrogens (tertiary/aromatic N) is 2. The molecule has 1 aliphatic rings. The van der Waals surface area contributed by atoms with Gasteiger partial charge >= 0.3 is 0 Å². The van der Waals surface area contributed by atoms with E-state index in [2.05, 4.69) is 21.3 Å². The molecule has 1 amide bonds. The number of rotatable bonds is 2. The van der Waals surface area contributed by atoms with Gasteiger partial charge in [-0.3, -0.25) is 9.78 Å². The summed E-state index contributed by atoms with van der Waals surface area (Å²) in [4.78, 5) is 17.9. The predicted octanol–water partition coefficient (Wildman–Crippen LogP) is 2.99. The van der Waals surface area contributed by atoms with Crippen LogP contribution in [-0.4, -0.2) is 30.0 Å². The molecule has 21 heavy (non-hydrogen) atoms. The number of carbonyl (C=O) groups excluding carboxylic acids is 1. The quantitative estimate of drug-likeness (QED) is 0.927. The Labute approximate surface area is 129 Å². The molecule has 0 atom stereocenters. The number of carbonyl (C=O) groups is 1. The van der Waals surface area contributed by atoms with E-state index in [1.54, 1.807) is 6.92 Å². The van der Waals surface area contributed by atoms with Crippen LogP contribution in [0.5, 0.6) is 0 Å². The molecule has 1 saturated heterocycles. The lowest BCUT2D eigenvalue weighted by Crippen LogP contribution is -2.44. The van der Waals surface area contributed by atoms with E-state index in [1.165, 1.54) is 5.69 Å². The van der Waals surface area contributed by atoms with Crippen molar-refractivity contribution >= 4 is 34.1 Å². The Hall–Kier alpha value is -1.81. The number of halogens is 1. The Kier molecular flexibility index (Phi) is 3.97. The number of nitrogens with one attached hydrogen (secondary N) is 1. The molecule has 4 nitrogen and oxygen atoms in total. The molecule has 5 heteroatoms. The third kappa shape index (κ3) is 3.10. The average molecular weight is 304 g/mol. The molecular formula is C16H18ClN3O. The van der Waals surface area contributed by atoms with Gasteiger partial charge in [0.25, 0.3) is 0 Å².